The number of para-hydroxylation sites is 1. The fraction of sp³-hybridized carbons (Fsp3) is 0.143. The average Bonchev–Trinajstić information content (AvgIpc) is 2.78. The van der Waals surface area contributed by atoms with Crippen LogP contribution in [0.15, 0.2) is 48.5 Å². The minimum Gasteiger partial charge on any atom is -0.473 e. The van der Waals surface area contributed by atoms with Crippen LogP contribution in [0.4, 0.5) is 0 Å². The third-order valence-corrected chi connectivity index (χ3v) is 2.80. The lowest BCUT2D eigenvalue weighted by Crippen LogP contribution is -2.10. The summed E-state index contributed by atoms with van der Waals surface area (Å²) >= 11 is 0. The van der Waals surface area contributed by atoms with Gasteiger partial charge in [-0.15, -0.1) is 0 Å². The van der Waals surface area contributed by atoms with Gasteiger partial charge in [0.25, 0.3) is 0 Å². The second kappa shape index (κ2) is 5.92. The van der Waals surface area contributed by atoms with Gasteiger partial charge in [0.15, 0.2) is 0 Å². The smallest absolute Gasteiger partial charge is 0.414 e. The Balaban J connectivity index is 0.000000212. The number of benzene rings is 1. The zero-order valence-electron chi connectivity index (χ0n) is 10.5. The van der Waals surface area contributed by atoms with Gasteiger partial charge in [-0.2, -0.15) is 0 Å². The van der Waals surface area contributed by atoms with E-state index in [0.717, 1.165) is 18.7 Å². The van der Waals surface area contributed by atoms with Crippen LogP contribution in [-0.2, 0) is 16.1 Å². The molecule has 2 N–H and O–H groups in total. The Morgan fingerprint density at radius 2 is 1.85 bits per heavy atom. The number of allylic oxidation sites excluding steroid dienone is 1. The molecule has 3 rings (SSSR count). The van der Waals surface area contributed by atoms with E-state index in [9.17, 15) is 0 Å². The Labute approximate surface area is 115 Å². The molecule has 6 nitrogen and oxygen atoms in total. The number of ether oxygens (including phenoxy) is 1. The van der Waals surface area contributed by atoms with E-state index in [1.165, 1.54) is 11.3 Å². The van der Waals surface area contributed by atoms with Gasteiger partial charge in [-0.05, 0) is 6.07 Å². The molecule has 0 amide bonds. The number of carbonyl (C=O) groups is 2. The molecule has 0 bridgehead atoms. The Morgan fingerprint density at radius 3 is 2.55 bits per heavy atom. The van der Waals surface area contributed by atoms with Crippen molar-refractivity contribution >= 4 is 11.9 Å². The second-order valence-corrected chi connectivity index (χ2v) is 4.16. The summed E-state index contributed by atoms with van der Waals surface area (Å²) in [5.74, 6) is -2.67. The second-order valence-electron chi connectivity index (χ2n) is 4.16. The highest BCUT2D eigenvalue weighted by molar-refractivity contribution is 6.27. The van der Waals surface area contributed by atoms with Crippen molar-refractivity contribution in [1.82, 2.24) is 4.90 Å². The molecule has 104 valence electrons. The Hall–Kier alpha value is -2.76. The number of nitrogens with zero attached hydrogens (tertiary/aromatic N) is 1. The van der Waals surface area contributed by atoms with Gasteiger partial charge in [-0.25, -0.2) is 9.59 Å². The number of hydrogen-bond acceptors (Lipinski definition) is 4. The summed E-state index contributed by atoms with van der Waals surface area (Å²) in [4.78, 5) is 20.4. The molecule has 0 atom stereocenters. The van der Waals surface area contributed by atoms with Crippen molar-refractivity contribution in [1.29, 1.82) is 0 Å². The highest BCUT2D eigenvalue weighted by Gasteiger charge is 2.17. The highest BCUT2D eigenvalue weighted by Crippen LogP contribution is 2.29. The molecule has 2 aliphatic rings. The van der Waals surface area contributed by atoms with E-state index in [0.29, 0.717) is 0 Å². The first-order valence-corrected chi connectivity index (χ1v) is 5.91. The Morgan fingerprint density at radius 1 is 1.15 bits per heavy atom. The third-order valence-electron chi connectivity index (χ3n) is 2.80. The fourth-order valence-corrected chi connectivity index (χ4v) is 1.85. The van der Waals surface area contributed by atoms with E-state index in [4.69, 9.17) is 24.5 Å². The van der Waals surface area contributed by atoms with Crippen molar-refractivity contribution in [2.75, 3.05) is 0 Å². The molecular formula is C14H13NO5. The molecule has 0 aromatic heterocycles. The highest BCUT2D eigenvalue weighted by atomic mass is 16.5. The summed E-state index contributed by atoms with van der Waals surface area (Å²) in [5.41, 5.74) is 2.48. The Kier molecular flexibility index (Phi) is 4.05. The number of hydrogen-bond donors (Lipinski definition) is 2. The van der Waals surface area contributed by atoms with Gasteiger partial charge in [0, 0.05) is 18.2 Å². The molecule has 0 spiro atoms. The molecule has 0 radical (unpaired) electrons. The molecule has 2 aliphatic heterocycles. The predicted octanol–water partition coefficient (Wildman–Crippen LogP) is 1.80. The van der Waals surface area contributed by atoms with Gasteiger partial charge in [0.1, 0.15) is 12.0 Å². The van der Waals surface area contributed by atoms with Crippen molar-refractivity contribution in [3.05, 3.63) is 54.1 Å². The molecule has 20 heavy (non-hydrogen) atoms. The molecule has 0 unspecified atom stereocenters. The lowest BCUT2D eigenvalue weighted by Gasteiger charge is -2.15. The van der Waals surface area contributed by atoms with Crippen LogP contribution in [0.2, 0.25) is 0 Å². The largest absolute Gasteiger partial charge is 0.473 e. The van der Waals surface area contributed by atoms with E-state index in [1.807, 2.05) is 24.5 Å². The number of carboxylic acid groups (broad SMARTS) is 2. The van der Waals surface area contributed by atoms with Gasteiger partial charge in [0.05, 0.1) is 12.2 Å². The molecule has 2 heterocycles. The molecule has 6 heteroatoms. The number of rotatable bonds is 0. The van der Waals surface area contributed by atoms with Crippen LogP contribution in [0, 0.1) is 0 Å². The lowest BCUT2D eigenvalue weighted by atomic mass is 10.2. The minimum atomic E-state index is -1.82. The maximum atomic E-state index is 9.10. The topological polar surface area (TPSA) is 87.1 Å². The third kappa shape index (κ3) is 3.17. The van der Waals surface area contributed by atoms with Gasteiger partial charge >= 0.3 is 11.9 Å². The first kappa shape index (κ1) is 13.7. The summed E-state index contributed by atoms with van der Waals surface area (Å²) in [6.45, 7) is 0.915. The first-order valence-electron chi connectivity index (χ1n) is 5.91. The van der Waals surface area contributed by atoms with Gasteiger partial charge < -0.3 is 19.8 Å². The standard InChI is InChI=1S/C12H11NO.C2H2O4/c1-2-6-12-10(4-1)8-13-7-3-5-11(13)9-14-12;3-1(4)2(5)6/h1-4,6-7,9H,5,8H2;(H,3,4)(H,5,6). The Bertz CT molecular complexity index is 579. The number of carboxylic acids is 2. The molecule has 1 aromatic carbocycles. The monoisotopic (exact) mass is 275 g/mol. The van der Waals surface area contributed by atoms with Crippen molar-refractivity contribution < 1.29 is 24.5 Å². The molecule has 1 aromatic rings. The van der Waals surface area contributed by atoms with Crippen LogP contribution in [0.5, 0.6) is 5.75 Å². The van der Waals surface area contributed by atoms with Crippen molar-refractivity contribution in [3.63, 3.8) is 0 Å². The molecule has 0 saturated heterocycles. The minimum absolute atomic E-state index is 0.915. The van der Waals surface area contributed by atoms with Crippen molar-refractivity contribution in [2.45, 2.75) is 13.0 Å². The zero-order valence-corrected chi connectivity index (χ0v) is 10.5. The van der Waals surface area contributed by atoms with Crippen molar-refractivity contribution in [2.24, 2.45) is 0 Å². The summed E-state index contributed by atoms with van der Waals surface area (Å²) < 4.78 is 5.62. The summed E-state index contributed by atoms with van der Waals surface area (Å²) in [6.07, 6.45) is 7.11. The zero-order chi connectivity index (χ0) is 14.5. The summed E-state index contributed by atoms with van der Waals surface area (Å²) in [6, 6.07) is 8.17. The van der Waals surface area contributed by atoms with Crippen LogP contribution < -0.4 is 4.74 Å². The van der Waals surface area contributed by atoms with Gasteiger partial charge in [0.2, 0.25) is 0 Å². The molecule has 0 saturated carbocycles. The van der Waals surface area contributed by atoms with E-state index in [2.05, 4.69) is 23.2 Å². The van der Waals surface area contributed by atoms with Crippen LogP contribution in [0.3, 0.4) is 0 Å². The van der Waals surface area contributed by atoms with E-state index >= 15 is 0 Å². The van der Waals surface area contributed by atoms with E-state index in [-0.39, 0.29) is 0 Å². The SMILES string of the molecule is C1=CN2Cc3ccccc3OC=C2C1.O=C(O)C(=O)O. The van der Waals surface area contributed by atoms with Gasteiger partial charge in [-0.1, -0.05) is 24.3 Å². The van der Waals surface area contributed by atoms with E-state index in [1.54, 1.807) is 0 Å². The lowest BCUT2D eigenvalue weighted by molar-refractivity contribution is -0.159. The quantitative estimate of drug-likeness (QED) is 0.702. The fourth-order valence-electron chi connectivity index (χ4n) is 1.85. The molecule has 0 fully saturated rings. The summed E-state index contributed by atoms with van der Waals surface area (Å²) in [5, 5.41) is 14.8. The molecule has 0 aliphatic carbocycles. The van der Waals surface area contributed by atoms with Crippen LogP contribution in [0.25, 0.3) is 0 Å². The van der Waals surface area contributed by atoms with E-state index < -0.39 is 11.9 Å². The summed E-state index contributed by atoms with van der Waals surface area (Å²) in [7, 11) is 0. The van der Waals surface area contributed by atoms with Crippen LogP contribution in [0.1, 0.15) is 12.0 Å². The average molecular weight is 275 g/mol. The van der Waals surface area contributed by atoms with Crippen LogP contribution >= 0.6 is 0 Å². The number of fused-ring (bicyclic) bond motifs is 2. The maximum absolute atomic E-state index is 9.10. The van der Waals surface area contributed by atoms with Crippen molar-refractivity contribution in [3.8, 4) is 5.75 Å². The van der Waals surface area contributed by atoms with Gasteiger partial charge in [-0.3, -0.25) is 0 Å². The maximum Gasteiger partial charge on any atom is 0.414 e. The van der Waals surface area contributed by atoms with Crippen LogP contribution in [-0.4, -0.2) is 27.1 Å². The number of aliphatic carboxylic acids is 2. The first-order chi connectivity index (χ1) is 9.58. The molecular weight excluding hydrogens is 262 g/mol. The normalized spacial score (nSPS) is 14.8. The predicted molar refractivity (Wildman–Crippen MR) is 69.7 cm³/mol.